The summed E-state index contributed by atoms with van der Waals surface area (Å²) in [6.45, 7) is 3.39. The predicted octanol–water partition coefficient (Wildman–Crippen LogP) is 0.965. The van der Waals surface area contributed by atoms with Crippen LogP contribution in [0.4, 0.5) is 0 Å². The summed E-state index contributed by atoms with van der Waals surface area (Å²) in [7, 11) is 0. The molecule has 0 aromatic heterocycles. The van der Waals surface area contributed by atoms with Crippen molar-refractivity contribution in [3.05, 3.63) is 11.3 Å². The molecule has 0 radical (unpaired) electrons. The van der Waals surface area contributed by atoms with Crippen LogP contribution in [0.2, 0.25) is 0 Å². The third-order valence-electron chi connectivity index (χ3n) is 3.28. The van der Waals surface area contributed by atoms with Crippen molar-refractivity contribution in [2.75, 3.05) is 0 Å². The van der Waals surface area contributed by atoms with Crippen molar-refractivity contribution in [1.29, 1.82) is 0 Å². The Labute approximate surface area is 94.1 Å². The quantitative estimate of drug-likeness (QED) is 0.671. The Morgan fingerprint density at radius 1 is 1.25 bits per heavy atom. The monoisotopic (exact) mass is 221 g/mol. The largest absolute Gasteiger partial charge is 0.329 e. The van der Waals surface area contributed by atoms with E-state index in [2.05, 4.69) is 5.32 Å². The molecule has 4 heteroatoms. The predicted molar refractivity (Wildman–Crippen MR) is 57.4 cm³/mol. The van der Waals surface area contributed by atoms with Crippen LogP contribution in [0.5, 0.6) is 0 Å². The highest BCUT2D eigenvalue weighted by molar-refractivity contribution is 6.06. The highest BCUT2D eigenvalue weighted by atomic mass is 16.2. The van der Waals surface area contributed by atoms with Crippen LogP contribution in [0.1, 0.15) is 33.1 Å². The fraction of sp³-hybridized carbons (Fsp3) is 0.583. The lowest BCUT2D eigenvalue weighted by molar-refractivity contribution is -0.133. The Morgan fingerprint density at radius 2 is 1.94 bits per heavy atom. The first-order valence-electron chi connectivity index (χ1n) is 5.55. The van der Waals surface area contributed by atoms with Crippen molar-refractivity contribution in [3.8, 4) is 0 Å². The van der Waals surface area contributed by atoms with Crippen molar-refractivity contribution in [2.45, 2.75) is 33.1 Å². The Kier molecular flexibility index (Phi) is 2.66. The molecule has 1 N–H and O–H groups in total. The molecule has 0 saturated carbocycles. The van der Waals surface area contributed by atoms with Gasteiger partial charge in [-0.1, -0.05) is 6.92 Å². The van der Waals surface area contributed by atoms with Crippen LogP contribution in [0, 0.1) is 11.8 Å². The summed E-state index contributed by atoms with van der Waals surface area (Å²) in [5.41, 5.74) is 1.41. The van der Waals surface area contributed by atoms with Gasteiger partial charge >= 0.3 is 0 Å². The molecule has 0 spiro atoms. The van der Waals surface area contributed by atoms with Crippen molar-refractivity contribution in [3.63, 3.8) is 0 Å². The maximum absolute atomic E-state index is 11.8. The van der Waals surface area contributed by atoms with Gasteiger partial charge in [0.25, 0.3) is 0 Å². The second-order valence-electron chi connectivity index (χ2n) is 4.75. The minimum Gasteiger partial charge on any atom is -0.329 e. The SMILES string of the molecule is CC(=O)C1CC2=C(CC(C)CC2=O)NC1=O. The molecule has 1 amide bonds. The minimum atomic E-state index is -0.670. The number of Topliss-reactive ketones (excluding diaryl/α,β-unsaturated/α-hetero) is 2. The van der Waals surface area contributed by atoms with E-state index < -0.39 is 5.92 Å². The van der Waals surface area contributed by atoms with Gasteiger partial charge in [0, 0.05) is 17.7 Å². The molecule has 1 aliphatic carbocycles. The molecule has 2 rings (SSSR count). The molecular formula is C12H15NO3. The Hall–Kier alpha value is -1.45. The molecule has 2 aliphatic rings. The molecule has 2 atom stereocenters. The van der Waals surface area contributed by atoms with Gasteiger partial charge in [-0.2, -0.15) is 0 Å². The number of hydrogen-bond donors (Lipinski definition) is 1. The maximum atomic E-state index is 11.8. The first-order chi connectivity index (χ1) is 7.49. The average molecular weight is 221 g/mol. The highest BCUT2D eigenvalue weighted by Crippen LogP contribution is 2.32. The van der Waals surface area contributed by atoms with Crippen molar-refractivity contribution >= 4 is 17.5 Å². The molecule has 0 bridgehead atoms. The van der Waals surface area contributed by atoms with Gasteiger partial charge in [0.2, 0.25) is 5.91 Å². The van der Waals surface area contributed by atoms with Gasteiger partial charge in [0.05, 0.1) is 0 Å². The van der Waals surface area contributed by atoms with E-state index in [4.69, 9.17) is 0 Å². The molecule has 86 valence electrons. The zero-order valence-corrected chi connectivity index (χ0v) is 9.50. The van der Waals surface area contributed by atoms with E-state index >= 15 is 0 Å². The second-order valence-corrected chi connectivity index (χ2v) is 4.75. The van der Waals surface area contributed by atoms with Gasteiger partial charge < -0.3 is 5.32 Å². The number of hydrogen-bond acceptors (Lipinski definition) is 3. The molecular weight excluding hydrogens is 206 g/mol. The summed E-state index contributed by atoms with van der Waals surface area (Å²) in [5.74, 6) is -0.736. The normalized spacial score (nSPS) is 29.9. The molecule has 0 aromatic rings. The van der Waals surface area contributed by atoms with E-state index in [1.165, 1.54) is 6.92 Å². The number of rotatable bonds is 1. The van der Waals surface area contributed by atoms with Crippen LogP contribution in [-0.4, -0.2) is 17.5 Å². The molecule has 0 saturated heterocycles. The average Bonchev–Trinajstić information content (AvgIpc) is 2.15. The van der Waals surface area contributed by atoms with Crippen LogP contribution < -0.4 is 5.32 Å². The fourth-order valence-electron chi connectivity index (χ4n) is 2.38. The van der Waals surface area contributed by atoms with Gasteiger partial charge in [-0.25, -0.2) is 0 Å². The number of allylic oxidation sites excluding steroid dienone is 2. The van der Waals surface area contributed by atoms with E-state index in [1.54, 1.807) is 0 Å². The van der Waals surface area contributed by atoms with Gasteiger partial charge in [-0.05, 0) is 25.7 Å². The molecule has 2 unspecified atom stereocenters. The first kappa shape index (κ1) is 11.0. The van der Waals surface area contributed by atoms with Crippen LogP contribution in [0.25, 0.3) is 0 Å². The van der Waals surface area contributed by atoms with E-state index in [1.807, 2.05) is 6.92 Å². The third-order valence-corrected chi connectivity index (χ3v) is 3.28. The van der Waals surface area contributed by atoms with Gasteiger partial charge in [-0.15, -0.1) is 0 Å². The Morgan fingerprint density at radius 3 is 2.56 bits per heavy atom. The van der Waals surface area contributed by atoms with Crippen molar-refractivity contribution < 1.29 is 14.4 Å². The number of amides is 1. The van der Waals surface area contributed by atoms with Crippen LogP contribution in [-0.2, 0) is 14.4 Å². The third kappa shape index (κ3) is 1.79. The van der Waals surface area contributed by atoms with Crippen LogP contribution in [0.3, 0.4) is 0 Å². The lowest BCUT2D eigenvalue weighted by Gasteiger charge is -2.30. The Balaban J connectivity index is 2.31. The van der Waals surface area contributed by atoms with Crippen molar-refractivity contribution in [1.82, 2.24) is 5.32 Å². The molecule has 1 aliphatic heterocycles. The first-order valence-corrected chi connectivity index (χ1v) is 5.55. The summed E-state index contributed by atoms with van der Waals surface area (Å²) < 4.78 is 0. The van der Waals surface area contributed by atoms with Gasteiger partial charge in [0.15, 0.2) is 5.78 Å². The van der Waals surface area contributed by atoms with E-state index in [9.17, 15) is 14.4 Å². The zero-order chi connectivity index (χ0) is 11.9. The summed E-state index contributed by atoms with van der Waals surface area (Å²) in [6, 6.07) is 0. The Bertz CT molecular complexity index is 408. The smallest absolute Gasteiger partial charge is 0.235 e. The molecule has 16 heavy (non-hydrogen) atoms. The molecule has 0 fully saturated rings. The van der Waals surface area contributed by atoms with Crippen LogP contribution in [0.15, 0.2) is 11.3 Å². The summed E-state index contributed by atoms with van der Waals surface area (Å²) in [5, 5.41) is 2.71. The highest BCUT2D eigenvalue weighted by Gasteiger charge is 2.36. The summed E-state index contributed by atoms with van der Waals surface area (Å²) in [4.78, 5) is 34.7. The van der Waals surface area contributed by atoms with Gasteiger partial charge in [-0.3, -0.25) is 14.4 Å². The topological polar surface area (TPSA) is 63.2 Å². The van der Waals surface area contributed by atoms with E-state index in [0.717, 1.165) is 12.1 Å². The lowest BCUT2D eigenvalue weighted by Crippen LogP contribution is -2.42. The zero-order valence-electron chi connectivity index (χ0n) is 9.50. The van der Waals surface area contributed by atoms with E-state index in [-0.39, 0.29) is 23.4 Å². The summed E-state index contributed by atoms with van der Waals surface area (Å²) >= 11 is 0. The number of carbonyl (C=O) groups is 3. The number of nitrogens with one attached hydrogen (secondary N) is 1. The molecule has 4 nitrogen and oxygen atoms in total. The van der Waals surface area contributed by atoms with E-state index in [0.29, 0.717) is 18.4 Å². The standard InChI is InChI=1S/C12H15NO3/c1-6-3-10-9(11(15)4-6)5-8(7(2)14)12(16)13-10/h6,8H,3-5H2,1-2H3,(H,13,16). The number of ketones is 2. The fourth-order valence-corrected chi connectivity index (χ4v) is 2.38. The summed E-state index contributed by atoms with van der Waals surface area (Å²) in [6.07, 6.45) is 1.55. The number of carbonyl (C=O) groups excluding carboxylic acids is 3. The van der Waals surface area contributed by atoms with Crippen molar-refractivity contribution in [2.24, 2.45) is 11.8 Å². The van der Waals surface area contributed by atoms with Gasteiger partial charge in [0.1, 0.15) is 11.7 Å². The van der Waals surface area contributed by atoms with Crippen LogP contribution >= 0.6 is 0 Å². The molecule has 1 heterocycles. The maximum Gasteiger partial charge on any atom is 0.235 e. The lowest BCUT2D eigenvalue weighted by atomic mass is 9.80. The second kappa shape index (κ2) is 3.85. The minimum absolute atomic E-state index is 0.0833. The molecule has 0 aromatic carbocycles.